The molecular formula is C28H30ClN9O3. The maximum atomic E-state index is 13.7. The van der Waals surface area contributed by atoms with E-state index in [0.29, 0.717) is 40.7 Å². The summed E-state index contributed by atoms with van der Waals surface area (Å²) in [5, 5.41) is 16.6. The zero-order valence-corrected chi connectivity index (χ0v) is 23.2. The highest BCUT2D eigenvalue weighted by atomic mass is 35.5. The number of carbonyl (C=O) groups excluding carboxylic acids is 1. The van der Waals surface area contributed by atoms with Crippen molar-refractivity contribution in [2.24, 2.45) is 0 Å². The van der Waals surface area contributed by atoms with E-state index < -0.39 is 11.9 Å². The van der Waals surface area contributed by atoms with Crippen molar-refractivity contribution in [1.82, 2.24) is 35.2 Å². The SMILES string of the molecule is COc1ccc(CNc2nc(N3CCCC3CO)ncc2C(=O)NC(Cc2ncccn2)c2ncccn2)cc1Cl. The van der Waals surface area contributed by atoms with Crippen molar-refractivity contribution >= 4 is 29.3 Å². The molecule has 0 saturated carbocycles. The number of carbonyl (C=O) groups is 1. The first-order chi connectivity index (χ1) is 20.1. The van der Waals surface area contributed by atoms with E-state index >= 15 is 0 Å². The van der Waals surface area contributed by atoms with Gasteiger partial charge in [-0.05, 0) is 42.7 Å². The number of amides is 1. The Hall–Kier alpha value is -4.42. The summed E-state index contributed by atoms with van der Waals surface area (Å²) in [5.41, 5.74) is 1.11. The molecule has 13 heteroatoms. The highest BCUT2D eigenvalue weighted by Crippen LogP contribution is 2.27. The van der Waals surface area contributed by atoms with Crippen LogP contribution in [0.15, 0.2) is 61.3 Å². The molecule has 4 heterocycles. The van der Waals surface area contributed by atoms with Crippen LogP contribution in [0.2, 0.25) is 5.02 Å². The Balaban J connectivity index is 1.43. The second kappa shape index (κ2) is 13.3. The van der Waals surface area contributed by atoms with Gasteiger partial charge in [-0.25, -0.2) is 24.9 Å². The molecule has 41 heavy (non-hydrogen) atoms. The molecule has 1 amide bonds. The summed E-state index contributed by atoms with van der Waals surface area (Å²) in [7, 11) is 1.56. The minimum absolute atomic E-state index is 0.000973. The number of ether oxygens (including phenoxy) is 1. The molecule has 1 saturated heterocycles. The lowest BCUT2D eigenvalue weighted by Crippen LogP contribution is -2.35. The number of aromatic nitrogens is 6. The molecule has 3 N–H and O–H groups in total. The van der Waals surface area contributed by atoms with E-state index in [1.54, 1.807) is 56.2 Å². The molecular weight excluding hydrogens is 546 g/mol. The van der Waals surface area contributed by atoms with Crippen molar-refractivity contribution in [3.8, 4) is 5.75 Å². The number of nitrogens with one attached hydrogen (secondary N) is 2. The van der Waals surface area contributed by atoms with Crippen molar-refractivity contribution in [3.05, 3.63) is 89.1 Å². The number of halogens is 1. The van der Waals surface area contributed by atoms with E-state index in [1.807, 2.05) is 11.0 Å². The van der Waals surface area contributed by atoms with Gasteiger partial charge in [0.2, 0.25) is 5.95 Å². The topological polar surface area (TPSA) is 151 Å². The number of hydrogen-bond donors (Lipinski definition) is 3. The number of hydrogen-bond acceptors (Lipinski definition) is 11. The molecule has 1 aliphatic rings. The first-order valence-corrected chi connectivity index (χ1v) is 13.6. The Morgan fingerprint density at radius 2 is 1.90 bits per heavy atom. The maximum Gasteiger partial charge on any atom is 0.257 e. The van der Waals surface area contributed by atoms with Gasteiger partial charge in [-0.1, -0.05) is 17.7 Å². The van der Waals surface area contributed by atoms with Gasteiger partial charge in [0.25, 0.3) is 5.91 Å². The van der Waals surface area contributed by atoms with Crippen molar-refractivity contribution in [2.45, 2.75) is 37.9 Å². The summed E-state index contributed by atoms with van der Waals surface area (Å²) in [6.45, 7) is 1.06. The fraction of sp³-hybridized carbons (Fsp3) is 0.321. The Kier molecular flexibility index (Phi) is 9.12. The van der Waals surface area contributed by atoms with Crippen molar-refractivity contribution < 1.29 is 14.6 Å². The molecule has 2 atom stereocenters. The van der Waals surface area contributed by atoms with Crippen LogP contribution in [-0.2, 0) is 13.0 Å². The average molecular weight is 576 g/mol. The van der Waals surface area contributed by atoms with Crippen molar-refractivity contribution in [2.75, 3.05) is 30.5 Å². The lowest BCUT2D eigenvalue weighted by atomic mass is 10.1. The quantitative estimate of drug-likeness (QED) is 0.242. The van der Waals surface area contributed by atoms with E-state index in [-0.39, 0.29) is 24.6 Å². The van der Waals surface area contributed by atoms with Gasteiger partial charge in [-0.3, -0.25) is 4.79 Å². The molecule has 1 aliphatic heterocycles. The number of aliphatic hydroxyl groups excluding tert-OH is 1. The molecule has 0 aliphatic carbocycles. The third kappa shape index (κ3) is 6.84. The van der Waals surface area contributed by atoms with Gasteiger partial charge >= 0.3 is 0 Å². The van der Waals surface area contributed by atoms with Crippen molar-refractivity contribution in [1.29, 1.82) is 0 Å². The first-order valence-electron chi connectivity index (χ1n) is 13.2. The number of nitrogens with zero attached hydrogens (tertiary/aromatic N) is 7. The third-order valence-corrected chi connectivity index (χ3v) is 7.05. The minimum atomic E-state index is -0.601. The Labute approximate surface area is 242 Å². The summed E-state index contributed by atoms with van der Waals surface area (Å²) in [4.78, 5) is 42.2. The van der Waals surface area contributed by atoms with Crippen LogP contribution in [0.4, 0.5) is 11.8 Å². The van der Waals surface area contributed by atoms with Crippen LogP contribution in [0.25, 0.3) is 0 Å². The Bertz CT molecular complexity index is 1460. The van der Waals surface area contributed by atoms with Crippen LogP contribution in [-0.4, -0.2) is 67.2 Å². The molecule has 12 nitrogen and oxygen atoms in total. The molecule has 0 bridgehead atoms. The number of methoxy groups -OCH3 is 1. The van der Waals surface area contributed by atoms with Gasteiger partial charge < -0.3 is 25.4 Å². The molecule has 0 radical (unpaired) electrons. The largest absolute Gasteiger partial charge is 0.495 e. The highest BCUT2D eigenvalue weighted by molar-refractivity contribution is 6.32. The van der Waals surface area contributed by atoms with Crippen LogP contribution in [0.1, 0.15) is 46.5 Å². The van der Waals surface area contributed by atoms with Crippen LogP contribution >= 0.6 is 11.6 Å². The smallest absolute Gasteiger partial charge is 0.257 e. The lowest BCUT2D eigenvalue weighted by molar-refractivity contribution is 0.0934. The van der Waals surface area contributed by atoms with Crippen LogP contribution in [0.3, 0.4) is 0 Å². The third-order valence-electron chi connectivity index (χ3n) is 6.75. The second-order valence-corrected chi connectivity index (χ2v) is 9.84. The summed E-state index contributed by atoms with van der Waals surface area (Å²) in [6, 6.07) is 8.21. The minimum Gasteiger partial charge on any atom is -0.495 e. The summed E-state index contributed by atoms with van der Waals surface area (Å²) < 4.78 is 5.25. The second-order valence-electron chi connectivity index (χ2n) is 9.43. The molecule has 5 rings (SSSR count). The summed E-state index contributed by atoms with van der Waals surface area (Å²) >= 11 is 6.32. The number of anilines is 2. The summed E-state index contributed by atoms with van der Waals surface area (Å²) in [6.07, 6.45) is 10.1. The van der Waals surface area contributed by atoms with E-state index in [2.05, 4.69) is 35.6 Å². The van der Waals surface area contributed by atoms with E-state index in [1.165, 1.54) is 6.20 Å². The number of benzene rings is 1. The van der Waals surface area contributed by atoms with E-state index in [4.69, 9.17) is 21.3 Å². The maximum absolute atomic E-state index is 13.7. The van der Waals surface area contributed by atoms with Crippen LogP contribution < -0.4 is 20.3 Å². The highest BCUT2D eigenvalue weighted by Gasteiger charge is 2.28. The fourth-order valence-electron chi connectivity index (χ4n) is 4.66. The van der Waals surface area contributed by atoms with Gasteiger partial charge in [0.15, 0.2) is 5.82 Å². The van der Waals surface area contributed by atoms with Crippen LogP contribution in [0.5, 0.6) is 5.75 Å². The molecule has 1 aromatic carbocycles. The first kappa shape index (κ1) is 28.1. The zero-order valence-electron chi connectivity index (χ0n) is 22.4. The normalized spacial score (nSPS) is 15.4. The van der Waals surface area contributed by atoms with Gasteiger partial charge in [0, 0.05) is 50.5 Å². The molecule has 1 fully saturated rings. The molecule has 4 aromatic rings. The van der Waals surface area contributed by atoms with E-state index in [9.17, 15) is 9.90 Å². The van der Waals surface area contributed by atoms with Gasteiger partial charge in [-0.15, -0.1) is 0 Å². The van der Waals surface area contributed by atoms with Gasteiger partial charge in [0.1, 0.15) is 23.0 Å². The molecule has 3 aromatic heterocycles. The number of rotatable bonds is 11. The standard InChI is InChI=1S/C28H30ClN9O3/c1-41-23-7-6-18(13-21(23)29)15-34-25-20(16-35-28(37-25)38-12-2-5-19(38)17-39)27(40)36-22(26-32-10-4-11-33-26)14-24-30-8-3-9-31-24/h3-4,6-11,13,16,19,22,39H,2,5,12,14-15,17H2,1H3,(H,36,40)(H,34,35,37). The predicted octanol–water partition coefficient (Wildman–Crippen LogP) is 3.01. The van der Waals surface area contributed by atoms with E-state index in [0.717, 1.165) is 24.9 Å². The fourth-order valence-corrected chi connectivity index (χ4v) is 4.94. The van der Waals surface area contributed by atoms with Crippen LogP contribution in [0, 0.1) is 0 Å². The zero-order chi connectivity index (χ0) is 28.6. The predicted molar refractivity (Wildman–Crippen MR) is 153 cm³/mol. The average Bonchev–Trinajstić information content (AvgIpc) is 3.50. The van der Waals surface area contributed by atoms with Gasteiger partial charge in [0.05, 0.1) is 30.8 Å². The van der Waals surface area contributed by atoms with Gasteiger partial charge in [-0.2, -0.15) is 4.98 Å². The lowest BCUT2D eigenvalue weighted by Gasteiger charge is -2.24. The molecule has 212 valence electrons. The summed E-state index contributed by atoms with van der Waals surface area (Å²) in [5.74, 6) is 1.90. The Morgan fingerprint density at radius 3 is 2.61 bits per heavy atom. The molecule has 2 unspecified atom stereocenters. The number of aliphatic hydroxyl groups is 1. The van der Waals surface area contributed by atoms with Crippen molar-refractivity contribution in [3.63, 3.8) is 0 Å². The monoisotopic (exact) mass is 575 g/mol. The Morgan fingerprint density at radius 1 is 1.15 bits per heavy atom. The molecule has 0 spiro atoms.